The largest absolute Gasteiger partial charge is 0.385 e. The first kappa shape index (κ1) is 13.9. The molecule has 0 amide bonds. The van der Waals surface area contributed by atoms with Gasteiger partial charge in [-0.25, -0.2) is 0 Å². The molecule has 2 aromatic carbocycles. The first-order valence-corrected chi connectivity index (χ1v) is 7.47. The summed E-state index contributed by atoms with van der Waals surface area (Å²) in [6.07, 6.45) is -1.91. The predicted octanol–water partition coefficient (Wildman–Crippen LogP) is 2.51. The van der Waals surface area contributed by atoms with Gasteiger partial charge in [-0.05, 0) is 33.4 Å². The standard InChI is InChI=1S/C18H18O4/c19-17(11-1-3-13-7-21-9-15(13)5-11)18(20)12-2-4-14-8-22-10-16(14)6-12/h1-6,17-20H,7-10H2. The van der Waals surface area contributed by atoms with Gasteiger partial charge in [-0.3, -0.25) is 0 Å². The number of benzene rings is 2. The minimum atomic E-state index is -0.953. The molecular formula is C18H18O4. The third-order valence-electron chi connectivity index (χ3n) is 4.47. The second kappa shape index (κ2) is 5.48. The van der Waals surface area contributed by atoms with Crippen LogP contribution in [0.25, 0.3) is 0 Å². The summed E-state index contributed by atoms with van der Waals surface area (Å²) in [5.74, 6) is 0. The number of fused-ring (bicyclic) bond motifs is 2. The Bertz CT molecular complexity index is 649. The maximum atomic E-state index is 10.5. The molecule has 4 rings (SSSR count). The lowest BCUT2D eigenvalue weighted by Crippen LogP contribution is -2.11. The lowest BCUT2D eigenvalue weighted by Gasteiger charge is -2.20. The molecule has 0 saturated carbocycles. The molecule has 0 radical (unpaired) electrons. The first-order chi connectivity index (χ1) is 10.7. The van der Waals surface area contributed by atoms with Gasteiger partial charge in [-0.2, -0.15) is 0 Å². The van der Waals surface area contributed by atoms with Crippen LogP contribution in [0.1, 0.15) is 45.6 Å². The Morgan fingerprint density at radius 1 is 0.636 bits per heavy atom. The Kier molecular flexibility index (Phi) is 3.47. The lowest BCUT2D eigenvalue weighted by atomic mass is 9.94. The van der Waals surface area contributed by atoms with Crippen LogP contribution in [0.15, 0.2) is 36.4 Å². The molecule has 2 heterocycles. The summed E-state index contributed by atoms with van der Waals surface area (Å²) < 4.78 is 10.8. The first-order valence-electron chi connectivity index (χ1n) is 7.47. The Morgan fingerprint density at radius 3 is 1.50 bits per heavy atom. The van der Waals surface area contributed by atoms with E-state index in [9.17, 15) is 10.2 Å². The van der Waals surface area contributed by atoms with E-state index >= 15 is 0 Å². The van der Waals surface area contributed by atoms with Gasteiger partial charge in [0.05, 0.1) is 26.4 Å². The quantitative estimate of drug-likeness (QED) is 0.914. The van der Waals surface area contributed by atoms with Gasteiger partial charge in [0.15, 0.2) is 0 Å². The number of aliphatic hydroxyl groups excluding tert-OH is 2. The summed E-state index contributed by atoms with van der Waals surface area (Å²) in [5.41, 5.74) is 5.92. The highest BCUT2D eigenvalue weighted by atomic mass is 16.5. The molecule has 0 bridgehead atoms. The van der Waals surface area contributed by atoms with E-state index in [1.165, 1.54) is 0 Å². The molecule has 2 aliphatic heterocycles. The fourth-order valence-electron chi connectivity index (χ4n) is 3.12. The van der Waals surface area contributed by atoms with Crippen molar-refractivity contribution in [1.29, 1.82) is 0 Å². The van der Waals surface area contributed by atoms with Crippen molar-refractivity contribution in [2.75, 3.05) is 0 Å². The van der Waals surface area contributed by atoms with Gasteiger partial charge in [0.1, 0.15) is 12.2 Å². The van der Waals surface area contributed by atoms with Crippen LogP contribution in [0, 0.1) is 0 Å². The zero-order valence-corrected chi connectivity index (χ0v) is 12.2. The second-order valence-corrected chi connectivity index (χ2v) is 5.93. The molecule has 2 N–H and O–H groups in total. The highest BCUT2D eigenvalue weighted by molar-refractivity contribution is 5.37. The minimum absolute atomic E-state index is 0.572. The van der Waals surface area contributed by atoms with Crippen LogP contribution in [0.2, 0.25) is 0 Å². The third-order valence-corrected chi connectivity index (χ3v) is 4.47. The fourth-order valence-corrected chi connectivity index (χ4v) is 3.12. The van der Waals surface area contributed by atoms with Gasteiger partial charge < -0.3 is 19.7 Å². The van der Waals surface area contributed by atoms with Gasteiger partial charge in [-0.1, -0.05) is 36.4 Å². The average molecular weight is 298 g/mol. The summed E-state index contributed by atoms with van der Waals surface area (Å²) >= 11 is 0. The van der Waals surface area contributed by atoms with E-state index in [4.69, 9.17) is 9.47 Å². The van der Waals surface area contributed by atoms with Crippen molar-refractivity contribution >= 4 is 0 Å². The van der Waals surface area contributed by atoms with Crippen molar-refractivity contribution in [3.05, 3.63) is 69.8 Å². The van der Waals surface area contributed by atoms with Crippen molar-refractivity contribution < 1.29 is 19.7 Å². The van der Waals surface area contributed by atoms with E-state index in [0.717, 1.165) is 22.3 Å². The van der Waals surface area contributed by atoms with Gasteiger partial charge >= 0.3 is 0 Å². The monoisotopic (exact) mass is 298 g/mol. The normalized spacial score (nSPS) is 18.8. The minimum Gasteiger partial charge on any atom is -0.385 e. The van der Waals surface area contributed by atoms with Crippen LogP contribution >= 0.6 is 0 Å². The molecule has 0 aliphatic carbocycles. The molecule has 0 saturated heterocycles. The van der Waals surface area contributed by atoms with E-state index in [2.05, 4.69) is 0 Å². The molecule has 114 valence electrons. The second-order valence-electron chi connectivity index (χ2n) is 5.93. The Balaban J connectivity index is 1.60. The van der Waals surface area contributed by atoms with E-state index in [0.29, 0.717) is 37.6 Å². The molecule has 0 spiro atoms. The topological polar surface area (TPSA) is 58.9 Å². The fraction of sp³-hybridized carbons (Fsp3) is 0.333. The number of hydrogen-bond acceptors (Lipinski definition) is 4. The number of ether oxygens (including phenoxy) is 2. The van der Waals surface area contributed by atoms with E-state index < -0.39 is 12.2 Å². The Morgan fingerprint density at radius 2 is 1.05 bits per heavy atom. The maximum absolute atomic E-state index is 10.5. The van der Waals surface area contributed by atoms with Crippen molar-refractivity contribution in [3.63, 3.8) is 0 Å². The molecule has 4 heteroatoms. The molecule has 0 fully saturated rings. The Hall–Kier alpha value is -1.72. The predicted molar refractivity (Wildman–Crippen MR) is 79.8 cm³/mol. The summed E-state index contributed by atoms with van der Waals surface area (Å²) in [5, 5.41) is 21.0. The van der Waals surface area contributed by atoms with Crippen molar-refractivity contribution in [3.8, 4) is 0 Å². The molecule has 2 atom stereocenters. The van der Waals surface area contributed by atoms with Crippen LogP contribution in [0.3, 0.4) is 0 Å². The van der Waals surface area contributed by atoms with Gasteiger partial charge in [-0.15, -0.1) is 0 Å². The maximum Gasteiger partial charge on any atom is 0.109 e. The molecule has 2 aromatic rings. The lowest BCUT2D eigenvalue weighted by molar-refractivity contribution is 0.0171. The van der Waals surface area contributed by atoms with Crippen LogP contribution in [-0.2, 0) is 35.9 Å². The van der Waals surface area contributed by atoms with Crippen molar-refractivity contribution in [1.82, 2.24) is 0 Å². The highest BCUT2D eigenvalue weighted by Crippen LogP contribution is 2.33. The van der Waals surface area contributed by atoms with Gasteiger partial charge in [0.25, 0.3) is 0 Å². The molecule has 2 unspecified atom stereocenters. The van der Waals surface area contributed by atoms with E-state index in [1.807, 2.05) is 36.4 Å². The summed E-state index contributed by atoms with van der Waals surface area (Å²) in [7, 11) is 0. The smallest absolute Gasteiger partial charge is 0.109 e. The van der Waals surface area contributed by atoms with Gasteiger partial charge in [0, 0.05) is 0 Å². The summed E-state index contributed by atoms with van der Waals surface area (Å²) in [6.45, 7) is 2.39. The summed E-state index contributed by atoms with van der Waals surface area (Å²) in [6, 6.07) is 11.5. The highest BCUT2D eigenvalue weighted by Gasteiger charge is 2.23. The zero-order chi connectivity index (χ0) is 15.1. The molecule has 0 aromatic heterocycles. The van der Waals surface area contributed by atoms with E-state index in [-0.39, 0.29) is 0 Å². The van der Waals surface area contributed by atoms with E-state index in [1.54, 1.807) is 0 Å². The molecule has 4 nitrogen and oxygen atoms in total. The van der Waals surface area contributed by atoms with Crippen LogP contribution in [0.5, 0.6) is 0 Å². The Labute approximate surface area is 128 Å². The zero-order valence-electron chi connectivity index (χ0n) is 12.2. The van der Waals surface area contributed by atoms with Crippen LogP contribution < -0.4 is 0 Å². The number of hydrogen-bond donors (Lipinski definition) is 2. The van der Waals surface area contributed by atoms with Crippen LogP contribution in [0.4, 0.5) is 0 Å². The summed E-state index contributed by atoms with van der Waals surface area (Å²) in [4.78, 5) is 0. The average Bonchev–Trinajstić information content (AvgIpc) is 3.20. The SMILES string of the molecule is OC(c1ccc2c(c1)COC2)C(O)c1ccc2c(c1)COC2. The molecular weight excluding hydrogens is 280 g/mol. The number of aliphatic hydroxyl groups is 2. The van der Waals surface area contributed by atoms with Crippen LogP contribution in [-0.4, -0.2) is 10.2 Å². The van der Waals surface area contributed by atoms with Crippen molar-refractivity contribution in [2.45, 2.75) is 38.6 Å². The molecule has 2 aliphatic rings. The third kappa shape index (κ3) is 2.34. The molecule has 22 heavy (non-hydrogen) atoms. The van der Waals surface area contributed by atoms with Crippen molar-refractivity contribution in [2.24, 2.45) is 0 Å². The number of rotatable bonds is 3. The van der Waals surface area contributed by atoms with Gasteiger partial charge in [0.2, 0.25) is 0 Å².